The molecule has 1 aromatic heterocycles. The first kappa shape index (κ1) is 33.2. The molecular formula is C29H23F3N4O7S. The maximum absolute atomic E-state index is 12.3. The Morgan fingerprint density at radius 1 is 0.955 bits per heavy atom. The SMILES string of the molecule is Nc1cc2ccccc2c(C#Cc2ccc(C(=O)OC(=O)C[C@@H](N)NS(=O)(=O)c3ccccc3)cc2)n1.O=C(O)C(F)(F)F. The minimum Gasteiger partial charge on any atom is -0.475 e. The standard InChI is InChI=1S/C27H22N4O5S.C2HF3O2/c28-24-16-20-6-4-5-9-22(20)23(30-24)15-12-18-10-13-19(14-11-18)27(33)36-26(32)17-25(29)31-37(34,35)21-7-2-1-3-8-21;3-2(4,5)1(6)7/h1-11,13-14,16,25,31H,17,29H2,(H2,28,30);(H,6,7)/t25-;/m0./s1. The molecule has 15 heteroatoms. The Morgan fingerprint density at radius 2 is 1.55 bits per heavy atom. The van der Waals surface area contributed by atoms with Gasteiger partial charge in [-0.15, -0.1) is 0 Å². The molecule has 0 aliphatic rings. The van der Waals surface area contributed by atoms with Crippen molar-refractivity contribution in [3.05, 3.63) is 102 Å². The minimum absolute atomic E-state index is 0.00205. The molecule has 1 atom stereocenters. The molecule has 0 bridgehead atoms. The summed E-state index contributed by atoms with van der Waals surface area (Å²) in [6.45, 7) is 0. The monoisotopic (exact) mass is 628 g/mol. The van der Waals surface area contributed by atoms with E-state index in [2.05, 4.69) is 21.5 Å². The number of carboxylic acid groups (broad SMARTS) is 1. The number of halogens is 3. The van der Waals surface area contributed by atoms with E-state index in [-0.39, 0.29) is 10.5 Å². The maximum Gasteiger partial charge on any atom is 0.490 e. The number of esters is 2. The number of nitrogens with one attached hydrogen (secondary N) is 1. The second-order valence-electron chi connectivity index (χ2n) is 8.75. The summed E-state index contributed by atoms with van der Waals surface area (Å²) in [5.41, 5.74) is 12.9. The molecule has 0 radical (unpaired) electrons. The fourth-order valence-corrected chi connectivity index (χ4v) is 4.56. The normalized spacial score (nSPS) is 11.7. The highest BCUT2D eigenvalue weighted by Gasteiger charge is 2.38. The molecule has 1 heterocycles. The number of nitrogens with zero attached hydrogens (tertiary/aromatic N) is 1. The summed E-state index contributed by atoms with van der Waals surface area (Å²) >= 11 is 0. The van der Waals surface area contributed by atoms with Crippen LogP contribution in [0.2, 0.25) is 0 Å². The third-order valence-corrected chi connectivity index (χ3v) is 6.91. The van der Waals surface area contributed by atoms with Gasteiger partial charge >= 0.3 is 24.1 Å². The summed E-state index contributed by atoms with van der Waals surface area (Å²) in [7, 11) is -3.92. The van der Waals surface area contributed by atoms with Crippen molar-refractivity contribution in [3.63, 3.8) is 0 Å². The summed E-state index contributed by atoms with van der Waals surface area (Å²) in [5, 5.41) is 8.92. The van der Waals surface area contributed by atoms with Gasteiger partial charge in [-0.1, -0.05) is 48.4 Å². The lowest BCUT2D eigenvalue weighted by Gasteiger charge is -2.13. The lowest BCUT2D eigenvalue weighted by Crippen LogP contribution is -2.43. The zero-order valence-corrected chi connectivity index (χ0v) is 23.2. The number of hydrogen-bond acceptors (Lipinski definition) is 9. The van der Waals surface area contributed by atoms with Crippen LogP contribution >= 0.6 is 0 Å². The number of carbonyl (C=O) groups excluding carboxylic acids is 2. The largest absolute Gasteiger partial charge is 0.490 e. The summed E-state index contributed by atoms with van der Waals surface area (Å²) in [6, 6.07) is 23.1. The number of aromatic nitrogens is 1. The van der Waals surface area contributed by atoms with Gasteiger partial charge in [0.05, 0.1) is 23.0 Å². The number of carboxylic acids is 1. The van der Waals surface area contributed by atoms with E-state index in [0.717, 1.165) is 10.8 Å². The van der Waals surface area contributed by atoms with E-state index in [0.29, 0.717) is 17.1 Å². The van der Waals surface area contributed by atoms with E-state index in [1.54, 1.807) is 36.4 Å². The van der Waals surface area contributed by atoms with Gasteiger partial charge in [-0.3, -0.25) is 4.79 Å². The molecule has 0 unspecified atom stereocenters. The summed E-state index contributed by atoms with van der Waals surface area (Å²) in [4.78, 5) is 37.6. The average Bonchev–Trinajstić information content (AvgIpc) is 2.96. The Labute approximate surface area is 248 Å². The fraction of sp³-hybridized carbons (Fsp3) is 0.103. The molecule has 0 saturated carbocycles. The van der Waals surface area contributed by atoms with Gasteiger partial charge in [-0.2, -0.15) is 17.9 Å². The quantitative estimate of drug-likeness (QED) is 0.107. The van der Waals surface area contributed by atoms with Crippen molar-refractivity contribution >= 4 is 44.5 Å². The van der Waals surface area contributed by atoms with Crippen LogP contribution in [0.25, 0.3) is 10.8 Å². The molecule has 0 aliphatic heterocycles. The van der Waals surface area contributed by atoms with Crippen molar-refractivity contribution in [2.45, 2.75) is 23.7 Å². The van der Waals surface area contributed by atoms with E-state index in [9.17, 15) is 31.2 Å². The number of aliphatic carboxylic acids is 1. The minimum atomic E-state index is -5.08. The van der Waals surface area contributed by atoms with Crippen LogP contribution in [0.5, 0.6) is 0 Å². The number of carbonyl (C=O) groups is 3. The lowest BCUT2D eigenvalue weighted by atomic mass is 10.1. The second-order valence-corrected chi connectivity index (χ2v) is 10.5. The van der Waals surface area contributed by atoms with Crippen LogP contribution in [0.3, 0.4) is 0 Å². The zero-order valence-electron chi connectivity index (χ0n) is 22.4. The molecule has 0 saturated heterocycles. The average molecular weight is 629 g/mol. The first-order chi connectivity index (χ1) is 20.7. The number of anilines is 1. The predicted octanol–water partition coefficient (Wildman–Crippen LogP) is 3.19. The number of nitrogens with two attached hydrogens (primary N) is 2. The molecule has 0 amide bonds. The maximum atomic E-state index is 12.3. The van der Waals surface area contributed by atoms with Crippen LogP contribution in [0.4, 0.5) is 19.0 Å². The lowest BCUT2D eigenvalue weighted by molar-refractivity contribution is -0.192. The smallest absolute Gasteiger partial charge is 0.475 e. The number of benzene rings is 3. The molecule has 0 spiro atoms. The third-order valence-electron chi connectivity index (χ3n) is 5.40. The molecule has 3 aromatic carbocycles. The van der Waals surface area contributed by atoms with Gasteiger partial charge in [0, 0.05) is 10.9 Å². The Bertz CT molecular complexity index is 1840. The van der Waals surface area contributed by atoms with Crippen LogP contribution in [0.1, 0.15) is 28.0 Å². The highest BCUT2D eigenvalue weighted by atomic mass is 32.2. The first-order valence-electron chi connectivity index (χ1n) is 12.3. The highest BCUT2D eigenvalue weighted by Crippen LogP contribution is 2.19. The molecular weight excluding hydrogens is 605 g/mol. The summed E-state index contributed by atoms with van der Waals surface area (Å²) < 4.78 is 63.3. The Kier molecular flexibility index (Phi) is 10.8. The van der Waals surface area contributed by atoms with Gasteiger partial charge in [0.25, 0.3) is 0 Å². The van der Waals surface area contributed by atoms with Crippen molar-refractivity contribution < 1.29 is 45.8 Å². The Balaban J connectivity index is 0.000000676. The number of fused-ring (bicyclic) bond motifs is 1. The number of alkyl halides is 3. The van der Waals surface area contributed by atoms with Gasteiger partial charge in [0.2, 0.25) is 10.0 Å². The second kappa shape index (κ2) is 14.2. The van der Waals surface area contributed by atoms with E-state index in [1.807, 2.05) is 24.3 Å². The Morgan fingerprint density at radius 3 is 2.16 bits per heavy atom. The third kappa shape index (κ3) is 9.63. The predicted molar refractivity (Wildman–Crippen MR) is 152 cm³/mol. The van der Waals surface area contributed by atoms with Crippen LogP contribution in [-0.2, 0) is 24.3 Å². The zero-order chi connectivity index (χ0) is 32.5. The van der Waals surface area contributed by atoms with Crippen LogP contribution in [-0.4, -0.2) is 48.8 Å². The van der Waals surface area contributed by atoms with Gasteiger partial charge in [-0.05, 0) is 53.8 Å². The highest BCUT2D eigenvalue weighted by molar-refractivity contribution is 7.89. The van der Waals surface area contributed by atoms with Crippen LogP contribution < -0.4 is 16.2 Å². The molecule has 4 aromatic rings. The molecule has 11 nitrogen and oxygen atoms in total. The van der Waals surface area contributed by atoms with Crippen molar-refractivity contribution in [2.75, 3.05) is 5.73 Å². The van der Waals surface area contributed by atoms with Crippen molar-refractivity contribution in [2.24, 2.45) is 5.73 Å². The molecule has 6 N–H and O–H groups in total. The van der Waals surface area contributed by atoms with Gasteiger partial charge in [-0.25, -0.2) is 23.0 Å². The number of nitrogen functional groups attached to an aromatic ring is 1. The number of rotatable bonds is 6. The molecule has 228 valence electrons. The molecule has 0 aliphatic carbocycles. The first-order valence-corrected chi connectivity index (χ1v) is 13.8. The summed E-state index contributed by atoms with van der Waals surface area (Å²) in [6.07, 6.45) is -6.90. The molecule has 0 fully saturated rings. The molecule has 4 rings (SSSR count). The van der Waals surface area contributed by atoms with E-state index in [1.165, 1.54) is 24.3 Å². The molecule has 44 heavy (non-hydrogen) atoms. The number of hydrogen-bond donors (Lipinski definition) is 4. The fourth-order valence-electron chi connectivity index (χ4n) is 3.43. The van der Waals surface area contributed by atoms with Gasteiger partial charge in [0.1, 0.15) is 11.5 Å². The van der Waals surface area contributed by atoms with Crippen LogP contribution in [0.15, 0.2) is 89.8 Å². The summed E-state index contributed by atoms with van der Waals surface area (Å²) in [5.74, 6) is 1.71. The number of sulfonamides is 1. The van der Waals surface area contributed by atoms with Crippen molar-refractivity contribution in [1.82, 2.24) is 9.71 Å². The number of ether oxygens (including phenoxy) is 1. The van der Waals surface area contributed by atoms with Crippen molar-refractivity contribution in [3.8, 4) is 11.8 Å². The topological polar surface area (TPSA) is 192 Å². The van der Waals surface area contributed by atoms with Gasteiger partial charge < -0.3 is 21.3 Å². The van der Waals surface area contributed by atoms with E-state index < -0.39 is 46.7 Å². The van der Waals surface area contributed by atoms with E-state index >= 15 is 0 Å². The number of pyridine rings is 1. The Hall–Kier alpha value is -5.30. The van der Waals surface area contributed by atoms with Crippen LogP contribution in [0, 0.1) is 11.8 Å². The van der Waals surface area contributed by atoms with Crippen molar-refractivity contribution in [1.29, 1.82) is 0 Å². The van der Waals surface area contributed by atoms with Gasteiger partial charge in [0.15, 0.2) is 0 Å². The van der Waals surface area contributed by atoms with E-state index in [4.69, 9.17) is 26.1 Å².